The fourth-order valence-corrected chi connectivity index (χ4v) is 2.23. The van der Waals surface area contributed by atoms with Crippen molar-refractivity contribution in [2.24, 2.45) is 0 Å². The van der Waals surface area contributed by atoms with Gasteiger partial charge in [0.15, 0.2) is 5.69 Å². The molecule has 0 saturated carbocycles. The number of nitrogens with one attached hydrogen (secondary N) is 2. The number of benzene rings is 2. The zero-order chi connectivity index (χ0) is 17.6. The number of hydrogen-bond acceptors (Lipinski definition) is 4. The van der Waals surface area contributed by atoms with Crippen molar-refractivity contribution in [2.75, 3.05) is 10.6 Å². The first-order valence-electron chi connectivity index (χ1n) is 7.50. The van der Waals surface area contributed by atoms with Crippen LogP contribution in [0.15, 0.2) is 60.7 Å². The Morgan fingerprint density at radius 2 is 1.76 bits per heavy atom. The van der Waals surface area contributed by atoms with E-state index in [1.807, 2.05) is 0 Å². The highest BCUT2D eigenvalue weighted by atomic mass is 35.5. The average Bonchev–Trinajstić information content (AvgIpc) is 2.63. The summed E-state index contributed by atoms with van der Waals surface area (Å²) >= 11 is 5.80. The van der Waals surface area contributed by atoms with Crippen molar-refractivity contribution in [3.05, 3.63) is 82.8 Å². The Balaban J connectivity index is 1.60. The fourth-order valence-electron chi connectivity index (χ4n) is 2.10. The predicted molar refractivity (Wildman–Crippen MR) is 95.2 cm³/mol. The van der Waals surface area contributed by atoms with Crippen LogP contribution in [-0.4, -0.2) is 16.1 Å². The molecule has 0 bridgehead atoms. The summed E-state index contributed by atoms with van der Waals surface area (Å²) in [4.78, 5) is 12.1. The molecule has 3 rings (SSSR count). The minimum absolute atomic E-state index is 0.173. The predicted octanol–water partition coefficient (Wildman–Crippen LogP) is 4.13. The molecule has 0 saturated heterocycles. The summed E-state index contributed by atoms with van der Waals surface area (Å²) in [5.41, 5.74) is 1.30. The lowest BCUT2D eigenvalue weighted by molar-refractivity contribution is 0.102. The van der Waals surface area contributed by atoms with Crippen molar-refractivity contribution < 1.29 is 9.18 Å². The Kier molecular flexibility index (Phi) is 5.20. The molecule has 2 N–H and O–H groups in total. The number of hydrogen-bond donors (Lipinski definition) is 2. The maximum absolute atomic E-state index is 13.6. The van der Waals surface area contributed by atoms with Gasteiger partial charge in [0.25, 0.3) is 5.91 Å². The topological polar surface area (TPSA) is 66.9 Å². The smallest absolute Gasteiger partial charge is 0.276 e. The molecule has 0 aliphatic rings. The summed E-state index contributed by atoms with van der Waals surface area (Å²) in [6.45, 7) is 0.275. The zero-order valence-electron chi connectivity index (χ0n) is 13.0. The first-order valence-corrected chi connectivity index (χ1v) is 7.87. The highest BCUT2D eigenvalue weighted by Gasteiger charge is 2.09. The van der Waals surface area contributed by atoms with Crippen LogP contribution in [0.5, 0.6) is 0 Å². The van der Waals surface area contributed by atoms with Gasteiger partial charge in [0.05, 0.1) is 0 Å². The van der Waals surface area contributed by atoms with Gasteiger partial charge in [-0.3, -0.25) is 4.79 Å². The van der Waals surface area contributed by atoms with Crippen LogP contribution in [0.2, 0.25) is 5.02 Å². The van der Waals surface area contributed by atoms with Gasteiger partial charge >= 0.3 is 0 Å². The largest absolute Gasteiger partial charge is 0.364 e. The van der Waals surface area contributed by atoms with Gasteiger partial charge in [-0.2, -0.15) is 0 Å². The first-order chi connectivity index (χ1) is 12.1. The molecule has 0 fully saturated rings. The van der Waals surface area contributed by atoms with Crippen LogP contribution in [0.1, 0.15) is 16.1 Å². The summed E-state index contributed by atoms with van der Waals surface area (Å²) in [5.74, 6) is -0.219. The summed E-state index contributed by atoms with van der Waals surface area (Å²) in [5, 5.41) is 14.1. The van der Waals surface area contributed by atoms with Crippen LogP contribution >= 0.6 is 11.6 Å². The molecule has 126 valence electrons. The van der Waals surface area contributed by atoms with Gasteiger partial charge < -0.3 is 10.6 Å². The van der Waals surface area contributed by atoms with Crippen LogP contribution in [-0.2, 0) is 6.54 Å². The molecule has 1 heterocycles. The van der Waals surface area contributed by atoms with E-state index in [-0.39, 0.29) is 24.0 Å². The molecule has 0 spiro atoms. The standard InChI is InChI=1S/C18H14ClFN4O/c19-13-5-7-14(8-6-13)22-18(25)16-9-10-17(24-23-16)21-11-12-3-1-2-4-15(12)20/h1-10H,11H2,(H,21,24)(H,22,25). The van der Waals surface area contributed by atoms with E-state index in [0.717, 1.165) is 0 Å². The van der Waals surface area contributed by atoms with Crippen molar-refractivity contribution >= 4 is 29.0 Å². The van der Waals surface area contributed by atoms with E-state index in [0.29, 0.717) is 22.1 Å². The van der Waals surface area contributed by atoms with E-state index < -0.39 is 0 Å². The maximum Gasteiger partial charge on any atom is 0.276 e. The van der Waals surface area contributed by atoms with Gasteiger partial charge in [-0.05, 0) is 42.5 Å². The molecule has 7 heteroatoms. The highest BCUT2D eigenvalue weighted by molar-refractivity contribution is 6.30. The third kappa shape index (κ3) is 4.51. The normalized spacial score (nSPS) is 10.3. The molecule has 0 aliphatic heterocycles. The Hall–Kier alpha value is -2.99. The van der Waals surface area contributed by atoms with Crippen LogP contribution in [0.3, 0.4) is 0 Å². The molecule has 3 aromatic rings. The van der Waals surface area contributed by atoms with Crippen molar-refractivity contribution in [3.8, 4) is 0 Å². The lowest BCUT2D eigenvalue weighted by Crippen LogP contribution is -2.15. The van der Waals surface area contributed by atoms with E-state index in [1.54, 1.807) is 54.6 Å². The van der Waals surface area contributed by atoms with Crippen molar-refractivity contribution in [2.45, 2.75) is 6.54 Å². The summed E-state index contributed by atoms with van der Waals surface area (Å²) in [7, 11) is 0. The Morgan fingerprint density at radius 1 is 1.00 bits per heavy atom. The molecule has 0 unspecified atom stereocenters. The van der Waals surface area contributed by atoms with E-state index in [1.165, 1.54) is 6.07 Å². The van der Waals surface area contributed by atoms with Crippen LogP contribution in [0.25, 0.3) is 0 Å². The van der Waals surface area contributed by atoms with Crippen molar-refractivity contribution in [3.63, 3.8) is 0 Å². The minimum atomic E-state index is -0.379. The second-order valence-corrected chi connectivity index (χ2v) is 5.65. The van der Waals surface area contributed by atoms with Gasteiger partial charge in [-0.1, -0.05) is 29.8 Å². The molecule has 0 aliphatic carbocycles. The Labute approximate surface area is 148 Å². The number of aromatic nitrogens is 2. The average molecular weight is 357 g/mol. The van der Waals surface area contributed by atoms with Crippen molar-refractivity contribution in [1.29, 1.82) is 0 Å². The second kappa shape index (κ2) is 7.72. The van der Waals surface area contributed by atoms with E-state index in [9.17, 15) is 9.18 Å². The van der Waals surface area contributed by atoms with Gasteiger partial charge in [0.1, 0.15) is 11.6 Å². The van der Waals surface area contributed by atoms with Crippen LogP contribution < -0.4 is 10.6 Å². The lowest BCUT2D eigenvalue weighted by atomic mass is 10.2. The monoisotopic (exact) mass is 356 g/mol. The molecular weight excluding hydrogens is 343 g/mol. The van der Waals surface area contributed by atoms with E-state index in [2.05, 4.69) is 20.8 Å². The quantitative estimate of drug-likeness (QED) is 0.721. The molecule has 5 nitrogen and oxygen atoms in total. The molecule has 1 amide bonds. The number of nitrogens with zero attached hydrogens (tertiary/aromatic N) is 2. The fraction of sp³-hybridized carbons (Fsp3) is 0.0556. The van der Waals surface area contributed by atoms with Gasteiger partial charge in [-0.15, -0.1) is 10.2 Å². The molecule has 1 aromatic heterocycles. The third-order valence-corrected chi connectivity index (χ3v) is 3.67. The number of carbonyl (C=O) groups excluding carboxylic acids is 1. The number of anilines is 2. The molecular formula is C18H14ClFN4O. The molecule has 0 atom stereocenters. The SMILES string of the molecule is O=C(Nc1ccc(Cl)cc1)c1ccc(NCc2ccccc2F)nn1. The van der Waals surface area contributed by atoms with Crippen LogP contribution in [0.4, 0.5) is 15.9 Å². The summed E-state index contributed by atoms with van der Waals surface area (Å²) in [6, 6.07) is 16.4. The first kappa shape index (κ1) is 16.9. The second-order valence-electron chi connectivity index (χ2n) is 5.21. The zero-order valence-corrected chi connectivity index (χ0v) is 13.8. The number of rotatable bonds is 5. The summed E-state index contributed by atoms with van der Waals surface area (Å²) in [6.07, 6.45) is 0. The van der Waals surface area contributed by atoms with Crippen LogP contribution in [0, 0.1) is 5.82 Å². The lowest BCUT2D eigenvalue weighted by Gasteiger charge is -2.07. The van der Waals surface area contributed by atoms with Crippen molar-refractivity contribution in [1.82, 2.24) is 10.2 Å². The molecule has 25 heavy (non-hydrogen) atoms. The minimum Gasteiger partial charge on any atom is -0.364 e. The Morgan fingerprint density at radius 3 is 2.44 bits per heavy atom. The Bertz CT molecular complexity index is 869. The van der Waals surface area contributed by atoms with Gasteiger partial charge in [0, 0.05) is 22.8 Å². The van der Waals surface area contributed by atoms with Gasteiger partial charge in [-0.25, -0.2) is 4.39 Å². The van der Waals surface area contributed by atoms with E-state index >= 15 is 0 Å². The number of halogens is 2. The number of amides is 1. The summed E-state index contributed by atoms with van der Waals surface area (Å²) < 4.78 is 13.6. The van der Waals surface area contributed by atoms with E-state index in [4.69, 9.17) is 11.6 Å². The van der Waals surface area contributed by atoms with Gasteiger partial charge in [0.2, 0.25) is 0 Å². The third-order valence-electron chi connectivity index (χ3n) is 3.42. The number of carbonyl (C=O) groups is 1. The molecule has 0 radical (unpaired) electrons. The molecule has 2 aromatic carbocycles. The highest BCUT2D eigenvalue weighted by Crippen LogP contribution is 2.14. The maximum atomic E-state index is 13.6.